The highest BCUT2D eigenvalue weighted by Crippen LogP contribution is 2.21. The number of pyridine rings is 1. The Balaban J connectivity index is 1.44. The summed E-state index contributed by atoms with van der Waals surface area (Å²) in [4.78, 5) is 18.9. The van der Waals surface area contributed by atoms with Gasteiger partial charge in [0, 0.05) is 32.4 Å². The first kappa shape index (κ1) is 20.1. The first-order valence-electron chi connectivity index (χ1n) is 9.92. The number of hydrogen-bond acceptors (Lipinski definition) is 5. The van der Waals surface area contributed by atoms with E-state index in [9.17, 15) is 9.90 Å². The standard InChI is InChI=1S/C22H29N3O3/c1-28-20-9-6-17(7-10-20)4-2-12-23-22(27)19-8-11-21(24-14-19)25-13-3-5-18(15-25)16-26/h6-11,14,18,26H,2-5,12-13,15-16H2,1H3,(H,23,27)/t18-/m0/s1. The molecule has 28 heavy (non-hydrogen) atoms. The zero-order chi connectivity index (χ0) is 19.8. The molecule has 0 unspecified atom stereocenters. The Hall–Kier alpha value is -2.60. The van der Waals surface area contributed by atoms with Crippen LogP contribution in [0.2, 0.25) is 0 Å². The fourth-order valence-corrected chi connectivity index (χ4v) is 3.52. The molecule has 1 aromatic heterocycles. The summed E-state index contributed by atoms with van der Waals surface area (Å²) in [6, 6.07) is 11.7. The highest BCUT2D eigenvalue weighted by Gasteiger charge is 2.20. The molecule has 6 heteroatoms. The third-order valence-corrected chi connectivity index (χ3v) is 5.20. The Kier molecular flexibility index (Phi) is 7.25. The van der Waals surface area contributed by atoms with Gasteiger partial charge >= 0.3 is 0 Å². The Morgan fingerprint density at radius 3 is 2.79 bits per heavy atom. The molecule has 0 spiro atoms. The number of methoxy groups -OCH3 is 1. The number of ether oxygens (including phenoxy) is 1. The SMILES string of the molecule is COc1ccc(CCCNC(=O)c2ccc(N3CCC[C@H](CO)C3)nc2)cc1. The zero-order valence-electron chi connectivity index (χ0n) is 16.4. The van der Waals surface area contributed by atoms with Crippen molar-refractivity contribution in [3.05, 3.63) is 53.7 Å². The fraction of sp³-hybridized carbons (Fsp3) is 0.455. The van der Waals surface area contributed by atoms with E-state index >= 15 is 0 Å². The highest BCUT2D eigenvalue weighted by molar-refractivity contribution is 5.94. The molecule has 2 N–H and O–H groups in total. The second-order valence-corrected chi connectivity index (χ2v) is 7.25. The van der Waals surface area contributed by atoms with Crippen molar-refractivity contribution >= 4 is 11.7 Å². The van der Waals surface area contributed by atoms with Gasteiger partial charge in [-0.15, -0.1) is 0 Å². The van der Waals surface area contributed by atoms with Gasteiger partial charge in [-0.2, -0.15) is 0 Å². The minimum Gasteiger partial charge on any atom is -0.497 e. The van der Waals surface area contributed by atoms with Crippen molar-refractivity contribution in [3.63, 3.8) is 0 Å². The quantitative estimate of drug-likeness (QED) is 0.686. The molecule has 1 aromatic carbocycles. The van der Waals surface area contributed by atoms with Crippen molar-refractivity contribution in [1.82, 2.24) is 10.3 Å². The number of benzene rings is 1. The van der Waals surface area contributed by atoms with E-state index in [0.29, 0.717) is 18.0 Å². The lowest BCUT2D eigenvalue weighted by molar-refractivity contribution is 0.0953. The van der Waals surface area contributed by atoms with E-state index in [0.717, 1.165) is 50.3 Å². The molecular weight excluding hydrogens is 354 g/mol. The van der Waals surface area contributed by atoms with Crippen LogP contribution in [0, 0.1) is 5.92 Å². The van der Waals surface area contributed by atoms with Crippen LogP contribution in [-0.4, -0.2) is 49.3 Å². The summed E-state index contributed by atoms with van der Waals surface area (Å²) in [5.74, 6) is 1.93. The van der Waals surface area contributed by atoms with E-state index < -0.39 is 0 Å². The topological polar surface area (TPSA) is 74.7 Å². The number of nitrogens with zero attached hydrogens (tertiary/aromatic N) is 2. The van der Waals surface area contributed by atoms with Gasteiger partial charge < -0.3 is 20.1 Å². The van der Waals surface area contributed by atoms with Crippen LogP contribution in [-0.2, 0) is 6.42 Å². The van der Waals surface area contributed by atoms with Crippen molar-refractivity contribution < 1.29 is 14.6 Å². The smallest absolute Gasteiger partial charge is 0.252 e. The maximum absolute atomic E-state index is 12.3. The van der Waals surface area contributed by atoms with E-state index in [1.807, 2.05) is 36.4 Å². The maximum Gasteiger partial charge on any atom is 0.252 e. The van der Waals surface area contributed by atoms with E-state index in [1.54, 1.807) is 13.3 Å². The lowest BCUT2D eigenvalue weighted by Gasteiger charge is -2.32. The Labute approximate surface area is 166 Å². The van der Waals surface area contributed by atoms with E-state index in [1.165, 1.54) is 5.56 Å². The van der Waals surface area contributed by atoms with Crippen LogP contribution in [0.15, 0.2) is 42.6 Å². The Bertz CT molecular complexity index is 747. The van der Waals surface area contributed by atoms with Crippen LogP contribution in [0.25, 0.3) is 0 Å². The fourth-order valence-electron chi connectivity index (χ4n) is 3.52. The number of aromatic nitrogens is 1. The molecule has 0 radical (unpaired) electrons. The molecular formula is C22H29N3O3. The third kappa shape index (κ3) is 5.45. The van der Waals surface area contributed by atoms with Crippen LogP contribution in [0.4, 0.5) is 5.82 Å². The normalized spacial score (nSPS) is 16.6. The van der Waals surface area contributed by atoms with Crippen molar-refractivity contribution in [2.45, 2.75) is 25.7 Å². The minimum absolute atomic E-state index is 0.0966. The van der Waals surface area contributed by atoms with Gasteiger partial charge in [0.25, 0.3) is 5.91 Å². The number of amides is 1. The summed E-state index contributed by atoms with van der Waals surface area (Å²) in [6.07, 6.45) is 5.53. The number of carbonyl (C=O) groups is 1. The molecule has 6 nitrogen and oxygen atoms in total. The molecule has 1 aliphatic heterocycles. The van der Waals surface area contributed by atoms with Crippen LogP contribution in [0.5, 0.6) is 5.75 Å². The van der Waals surface area contributed by atoms with Gasteiger partial charge in [-0.1, -0.05) is 12.1 Å². The van der Waals surface area contributed by atoms with Gasteiger partial charge in [-0.3, -0.25) is 4.79 Å². The van der Waals surface area contributed by atoms with Crippen LogP contribution in [0.3, 0.4) is 0 Å². The van der Waals surface area contributed by atoms with E-state index in [-0.39, 0.29) is 12.5 Å². The first-order chi connectivity index (χ1) is 13.7. The van der Waals surface area contributed by atoms with Crippen LogP contribution in [0.1, 0.15) is 35.2 Å². The molecule has 0 aliphatic carbocycles. The van der Waals surface area contributed by atoms with E-state index in [4.69, 9.17) is 4.74 Å². The van der Waals surface area contributed by atoms with Gasteiger partial charge in [0.2, 0.25) is 0 Å². The van der Waals surface area contributed by atoms with Gasteiger partial charge in [-0.25, -0.2) is 4.98 Å². The van der Waals surface area contributed by atoms with Gasteiger partial charge in [0.05, 0.1) is 12.7 Å². The average molecular weight is 383 g/mol. The first-order valence-corrected chi connectivity index (χ1v) is 9.92. The number of aryl methyl sites for hydroxylation is 1. The number of anilines is 1. The summed E-state index contributed by atoms with van der Waals surface area (Å²) in [5, 5.41) is 12.3. The van der Waals surface area contributed by atoms with Gasteiger partial charge in [-0.05, 0) is 61.4 Å². The minimum atomic E-state index is -0.0966. The lowest BCUT2D eigenvalue weighted by atomic mass is 9.99. The molecule has 1 fully saturated rings. The number of carbonyl (C=O) groups excluding carboxylic acids is 1. The predicted molar refractivity (Wildman–Crippen MR) is 110 cm³/mol. The summed E-state index contributed by atoms with van der Waals surface area (Å²) >= 11 is 0. The number of aliphatic hydroxyl groups is 1. The van der Waals surface area contributed by atoms with Gasteiger partial charge in [0.15, 0.2) is 0 Å². The van der Waals surface area contributed by atoms with Crippen LogP contribution < -0.4 is 15.0 Å². The van der Waals surface area contributed by atoms with Crippen LogP contribution >= 0.6 is 0 Å². The molecule has 0 bridgehead atoms. The number of nitrogens with one attached hydrogen (secondary N) is 1. The molecule has 150 valence electrons. The Morgan fingerprint density at radius 2 is 2.11 bits per heavy atom. The monoisotopic (exact) mass is 383 g/mol. The summed E-state index contributed by atoms with van der Waals surface area (Å²) < 4.78 is 5.16. The van der Waals surface area contributed by atoms with Gasteiger partial charge in [0.1, 0.15) is 11.6 Å². The molecule has 1 saturated heterocycles. The summed E-state index contributed by atoms with van der Waals surface area (Å²) in [7, 11) is 1.66. The molecule has 2 aromatic rings. The predicted octanol–water partition coefficient (Wildman–Crippen LogP) is 2.66. The van der Waals surface area contributed by atoms with Crippen molar-refractivity contribution in [3.8, 4) is 5.75 Å². The largest absolute Gasteiger partial charge is 0.497 e. The molecule has 3 rings (SSSR count). The average Bonchev–Trinajstić information content (AvgIpc) is 2.77. The second-order valence-electron chi connectivity index (χ2n) is 7.25. The maximum atomic E-state index is 12.3. The zero-order valence-corrected chi connectivity index (χ0v) is 16.4. The van der Waals surface area contributed by atoms with Crippen molar-refractivity contribution in [2.75, 3.05) is 38.3 Å². The number of aliphatic hydroxyl groups excluding tert-OH is 1. The number of hydrogen-bond donors (Lipinski definition) is 2. The molecule has 1 atom stereocenters. The Morgan fingerprint density at radius 1 is 1.29 bits per heavy atom. The molecule has 2 heterocycles. The van der Waals surface area contributed by atoms with Crippen molar-refractivity contribution in [2.24, 2.45) is 5.92 Å². The lowest BCUT2D eigenvalue weighted by Crippen LogP contribution is -2.37. The second kappa shape index (κ2) is 10.1. The number of piperidine rings is 1. The van der Waals surface area contributed by atoms with E-state index in [2.05, 4.69) is 15.2 Å². The summed E-state index contributed by atoms with van der Waals surface area (Å²) in [6.45, 7) is 2.60. The molecule has 0 saturated carbocycles. The summed E-state index contributed by atoms with van der Waals surface area (Å²) in [5.41, 5.74) is 1.80. The van der Waals surface area contributed by atoms with Crippen molar-refractivity contribution in [1.29, 1.82) is 0 Å². The molecule has 1 amide bonds. The number of rotatable bonds is 8. The third-order valence-electron chi connectivity index (χ3n) is 5.20. The molecule has 1 aliphatic rings. The highest BCUT2D eigenvalue weighted by atomic mass is 16.5.